The van der Waals surface area contributed by atoms with E-state index < -0.39 is 0 Å². The summed E-state index contributed by atoms with van der Waals surface area (Å²) in [6.07, 6.45) is 4.86. The van der Waals surface area contributed by atoms with Crippen LogP contribution in [0.1, 0.15) is 29.5 Å². The Morgan fingerprint density at radius 3 is 2.74 bits per heavy atom. The summed E-state index contributed by atoms with van der Waals surface area (Å²) in [5, 5.41) is 1.82. The molecular weight excluding hydrogens is 406 g/mol. The van der Waals surface area contributed by atoms with Crippen LogP contribution in [0.15, 0.2) is 66.9 Å². The van der Waals surface area contributed by atoms with Crippen molar-refractivity contribution >= 4 is 28.4 Å². The number of nitrogens with one attached hydrogen (secondary N) is 1. The number of aromatic nitrogens is 2. The molecule has 0 spiro atoms. The van der Waals surface area contributed by atoms with E-state index >= 15 is 0 Å². The number of hydrogen-bond acceptors (Lipinski definition) is 2. The number of aromatic amines is 1. The number of amides is 1. The SMILES string of the molecule is O=C(CCCc1c(-c2ccccn2)[nH]c2ccc(Cl)cc12)N1CCc2ccccc2C1. The minimum absolute atomic E-state index is 0.228. The van der Waals surface area contributed by atoms with Crippen LogP contribution in [-0.2, 0) is 24.2 Å². The predicted octanol–water partition coefficient (Wildman–Crippen LogP) is 5.79. The first kappa shape index (κ1) is 19.8. The molecule has 0 saturated heterocycles. The first-order valence-corrected chi connectivity index (χ1v) is 11.1. The van der Waals surface area contributed by atoms with Gasteiger partial charge in [0, 0.05) is 41.6 Å². The molecule has 5 heteroatoms. The average molecular weight is 430 g/mol. The van der Waals surface area contributed by atoms with E-state index in [2.05, 4.69) is 28.2 Å². The molecule has 0 fully saturated rings. The summed E-state index contributed by atoms with van der Waals surface area (Å²) in [5.74, 6) is 0.228. The number of hydrogen-bond donors (Lipinski definition) is 1. The van der Waals surface area contributed by atoms with E-state index in [1.54, 1.807) is 6.20 Å². The van der Waals surface area contributed by atoms with Gasteiger partial charge in [0.05, 0.1) is 11.4 Å². The second-order valence-corrected chi connectivity index (χ2v) is 8.51. The van der Waals surface area contributed by atoms with Gasteiger partial charge in [0.1, 0.15) is 0 Å². The molecule has 0 radical (unpaired) electrons. The molecule has 31 heavy (non-hydrogen) atoms. The van der Waals surface area contributed by atoms with Crippen molar-refractivity contribution in [3.63, 3.8) is 0 Å². The fraction of sp³-hybridized carbons (Fsp3) is 0.231. The molecule has 1 aliphatic rings. The van der Waals surface area contributed by atoms with Gasteiger partial charge >= 0.3 is 0 Å². The van der Waals surface area contributed by atoms with Gasteiger partial charge in [-0.1, -0.05) is 41.9 Å². The fourth-order valence-electron chi connectivity index (χ4n) is 4.49. The van der Waals surface area contributed by atoms with Crippen molar-refractivity contribution in [2.24, 2.45) is 0 Å². The number of pyridine rings is 1. The normalized spacial score (nSPS) is 13.4. The van der Waals surface area contributed by atoms with E-state index in [1.165, 1.54) is 16.7 Å². The smallest absolute Gasteiger partial charge is 0.222 e. The Balaban J connectivity index is 1.33. The number of nitrogens with zero attached hydrogens (tertiary/aromatic N) is 2. The van der Waals surface area contributed by atoms with E-state index in [0.717, 1.165) is 54.6 Å². The minimum atomic E-state index is 0.228. The second kappa shape index (κ2) is 8.56. The Morgan fingerprint density at radius 2 is 1.90 bits per heavy atom. The van der Waals surface area contributed by atoms with E-state index in [0.29, 0.717) is 11.4 Å². The zero-order valence-electron chi connectivity index (χ0n) is 17.3. The Hall–Kier alpha value is -3.11. The molecule has 156 valence electrons. The Bertz CT molecular complexity index is 1230. The largest absolute Gasteiger partial charge is 0.353 e. The molecule has 1 aliphatic heterocycles. The van der Waals surface area contributed by atoms with E-state index in [1.807, 2.05) is 47.4 Å². The van der Waals surface area contributed by atoms with Gasteiger partial charge in [-0.05, 0) is 66.3 Å². The van der Waals surface area contributed by atoms with Crippen LogP contribution in [0.5, 0.6) is 0 Å². The number of carbonyl (C=O) groups is 1. The highest BCUT2D eigenvalue weighted by molar-refractivity contribution is 6.31. The highest BCUT2D eigenvalue weighted by Gasteiger charge is 2.21. The summed E-state index contributed by atoms with van der Waals surface area (Å²) in [4.78, 5) is 22.9. The van der Waals surface area contributed by atoms with Gasteiger partial charge in [-0.3, -0.25) is 9.78 Å². The average Bonchev–Trinajstić information content (AvgIpc) is 3.17. The van der Waals surface area contributed by atoms with Crippen molar-refractivity contribution in [1.82, 2.24) is 14.9 Å². The van der Waals surface area contributed by atoms with Crippen molar-refractivity contribution in [1.29, 1.82) is 0 Å². The summed E-state index contributed by atoms with van der Waals surface area (Å²) < 4.78 is 0. The third-order valence-corrected chi connectivity index (χ3v) is 6.33. The molecule has 0 unspecified atom stereocenters. The van der Waals surface area contributed by atoms with Gasteiger partial charge in [-0.25, -0.2) is 0 Å². The quantitative estimate of drug-likeness (QED) is 0.436. The summed E-state index contributed by atoms with van der Waals surface area (Å²) in [6, 6.07) is 20.2. The standard InChI is InChI=1S/C26H24ClN3O/c27-20-11-12-23-22(16-20)21(26(29-23)24-9-3-4-14-28-24)8-5-10-25(31)30-15-13-18-6-1-2-7-19(18)17-30/h1-4,6-7,9,11-12,14,16,29H,5,8,10,13,15,17H2. The third-order valence-electron chi connectivity index (χ3n) is 6.09. The van der Waals surface area contributed by atoms with Crippen LogP contribution in [0.2, 0.25) is 5.02 Å². The number of aryl methyl sites for hydroxylation is 1. The fourth-order valence-corrected chi connectivity index (χ4v) is 4.66. The molecule has 0 saturated carbocycles. The van der Waals surface area contributed by atoms with Crippen molar-refractivity contribution in [3.05, 3.63) is 88.6 Å². The minimum Gasteiger partial charge on any atom is -0.353 e. The number of H-pyrrole nitrogens is 1. The van der Waals surface area contributed by atoms with Gasteiger partial charge in [-0.15, -0.1) is 0 Å². The number of fused-ring (bicyclic) bond motifs is 2. The van der Waals surface area contributed by atoms with Crippen LogP contribution < -0.4 is 0 Å². The Kier molecular flexibility index (Phi) is 5.47. The molecule has 2 aromatic carbocycles. The molecule has 5 rings (SSSR count). The lowest BCUT2D eigenvalue weighted by Crippen LogP contribution is -2.35. The van der Waals surface area contributed by atoms with Gasteiger partial charge in [0.25, 0.3) is 0 Å². The third kappa shape index (κ3) is 4.08. The molecule has 2 aromatic heterocycles. The molecule has 0 atom stereocenters. The highest BCUT2D eigenvalue weighted by atomic mass is 35.5. The zero-order valence-corrected chi connectivity index (χ0v) is 18.0. The molecule has 0 aliphatic carbocycles. The van der Waals surface area contributed by atoms with Crippen LogP contribution in [0.25, 0.3) is 22.3 Å². The van der Waals surface area contributed by atoms with Gasteiger partial charge in [-0.2, -0.15) is 0 Å². The Morgan fingerprint density at radius 1 is 1.06 bits per heavy atom. The van der Waals surface area contributed by atoms with Crippen LogP contribution in [0, 0.1) is 0 Å². The van der Waals surface area contributed by atoms with Crippen molar-refractivity contribution in [2.45, 2.75) is 32.2 Å². The lowest BCUT2D eigenvalue weighted by molar-refractivity contribution is -0.132. The monoisotopic (exact) mass is 429 g/mol. The summed E-state index contributed by atoms with van der Waals surface area (Å²) >= 11 is 6.28. The molecular formula is C26H24ClN3O. The molecule has 1 N–H and O–H groups in total. The van der Waals surface area contributed by atoms with Crippen LogP contribution in [0.3, 0.4) is 0 Å². The van der Waals surface area contributed by atoms with Crippen LogP contribution >= 0.6 is 11.6 Å². The van der Waals surface area contributed by atoms with E-state index in [9.17, 15) is 4.79 Å². The second-order valence-electron chi connectivity index (χ2n) is 8.07. The molecule has 4 aromatic rings. The predicted molar refractivity (Wildman–Crippen MR) is 125 cm³/mol. The van der Waals surface area contributed by atoms with E-state index in [4.69, 9.17) is 11.6 Å². The number of rotatable bonds is 5. The van der Waals surface area contributed by atoms with Crippen molar-refractivity contribution < 1.29 is 4.79 Å². The summed E-state index contributed by atoms with van der Waals surface area (Å²) in [7, 11) is 0. The van der Waals surface area contributed by atoms with Crippen molar-refractivity contribution in [2.75, 3.05) is 6.54 Å². The number of halogens is 1. The maximum absolute atomic E-state index is 12.9. The van der Waals surface area contributed by atoms with E-state index in [-0.39, 0.29) is 5.91 Å². The van der Waals surface area contributed by atoms with Gasteiger partial charge < -0.3 is 9.88 Å². The Labute approximate surface area is 186 Å². The summed E-state index contributed by atoms with van der Waals surface area (Å²) in [5.41, 5.74) is 6.76. The number of benzene rings is 2. The van der Waals surface area contributed by atoms with Crippen LogP contribution in [-0.4, -0.2) is 27.3 Å². The lowest BCUT2D eigenvalue weighted by Gasteiger charge is -2.29. The maximum Gasteiger partial charge on any atom is 0.222 e. The maximum atomic E-state index is 12.9. The number of carbonyl (C=O) groups excluding carboxylic acids is 1. The molecule has 4 nitrogen and oxygen atoms in total. The first-order valence-electron chi connectivity index (χ1n) is 10.7. The lowest BCUT2D eigenvalue weighted by atomic mass is 9.99. The van der Waals surface area contributed by atoms with Crippen molar-refractivity contribution in [3.8, 4) is 11.4 Å². The highest BCUT2D eigenvalue weighted by Crippen LogP contribution is 2.32. The van der Waals surface area contributed by atoms with Crippen LogP contribution in [0.4, 0.5) is 0 Å². The van der Waals surface area contributed by atoms with Gasteiger partial charge in [0.2, 0.25) is 5.91 Å². The zero-order chi connectivity index (χ0) is 21.2. The molecule has 1 amide bonds. The molecule has 0 bridgehead atoms. The molecule has 3 heterocycles. The van der Waals surface area contributed by atoms with Gasteiger partial charge in [0.15, 0.2) is 0 Å². The summed E-state index contributed by atoms with van der Waals surface area (Å²) in [6.45, 7) is 1.52. The topological polar surface area (TPSA) is 49.0 Å². The first-order chi connectivity index (χ1) is 15.2.